The van der Waals surface area contributed by atoms with Crippen LogP contribution in [0.15, 0.2) is 48.5 Å². The summed E-state index contributed by atoms with van der Waals surface area (Å²) in [4.78, 5) is 16.3. The molecule has 1 atom stereocenters. The highest BCUT2D eigenvalue weighted by Crippen LogP contribution is 2.31. The van der Waals surface area contributed by atoms with Crippen LogP contribution < -0.4 is 4.90 Å². The lowest BCUT2D eigenvalue weighted by atomic mass is 10.0. The molecule has 1 aliphatic rings. The number of amides is 1. The molecule has 2 aromatic carbocycles. The largest absolute Gasteiger partial charge is 0.430 e. The maximum absolute atomic E-state index is 12.6. The second-order valence-electron chi connectivity index (χ2n) is 6.41. The topological polar surface area (TPSA) is 32.8 Å². The van der Waals surface area contributed by atoms with Crippen molar-refractivity contribution in [1.29, 1.82) is 0 Å². The van der Waals surface area contributed by atoms with Gasteiger partial charge in [0.05, 0.1) is 5.69 Å². The zero-order chi connectivity index (χ0) is 17.1. The molecule has 0 N–H and O–H groups in total. The van der Waals surface area contributed by atoms with Gasteiger partial charge in [-0.25, -0.2) is 4.79 Å². The summed E-state index contributed by atoms with van der Waals surface area (Å²) in [7, 11) is 3.76. The van der Waals surface area contributed by atoms with Gasteiger partial charge in [-0.15, -0.1) is 0 Å². The number of nitrogens with zero attached hydrogens (tertiary/aromatic N) is 2. The number of para-hydroxylation sites is 1. The Hall–Kier alpha value is -2.33. The summed E-state index contributed by atoms with van der Waals surface area (Å²) < 4.78 is 5.67. The number of hydrogen-bond donors (Lipinski definition) is 0. The summed E-state index contributed by atoms with van der Waals surface area (Å²) in [5, 5.41) is 0. The standard InChI is InChI=1S/C20H24N2O2/c1-15-8-6-9-16(14-15)17-10-4-5-11-18(17)22(3)20(23)24-19-12-7-13-21(19)2/h4-6,8-11,14,19H,7,12-13H2,1-3H3/t19-/m1/s1. The Bertz CT molecular complexity index is 729. The third kappa shape index (κ3) is 3.44. The van der Waals surface area contributed by atoms with E-state index in [9.17, 15) is 4.79 Å². The van der Waals surface area contributed by atoms with Crippen LogP contribution in [0.4, 0.5) is 10.5 Å². The number of ether oxygens (including phenoxy) is 1. The highest BCUT2D eigenvalue weighted by Gasteiger charge is 2.27. The average molecular weight is 324 g/mol. The average Bonchev–Trinajstić information content (AvgIpc) is 2.99. The predicted molar refractivity (Wildman–Crippen MR) is 97.2 cm³/mol. The quantitative estimate of drug-likeness (QED) is 0.844. The first-order valence-corrected chi connectivity index (χ1v) is 8.37. The van der Waals surface area contributed by atoms with E-state index in [2.05, 4.69) is 30.0 Å². The van der Waals surface area contributed by atoms with Crippen LogP contribution in [0.1, 0.15) is 18.4 Å². The Morgan fingerprint density at radius 1 is 1.21 bits per heavy atom. The van der Waals surface area contributed by atoms with Crippen LogP contribution in [-0.2, 0) is 4.74 Å². The van der Waals surface area contributed by atoms with Crippen molar-refractivity contribution in [3.8, 4) is 11.1 Å². The molecule has 3 rings (SSSR count). The first kappa shape index (κ1) is 16.5. The number of hydrogen-bond acceptors (Lipinski definition) is 3. The van der Waals surface area contributed by atoms with E-state index in [0.29, 0.717) is 0 Å². The van der Waals surface area contributed by atoms with Crippen molar-refractivity contribution in [1.82, 2.24) is 4.90 Å². The number of aryl methyl sites for hydroxylation is 1. The molecule has 126 valence electrons. The van der Waals surface area contributed by atoms with Crippen LogP contribution in [0.25, 0.3) is 11.1 Å². The zero-order valence-corrected chi connectivity index (χ0v) is 14.5. The van der Waals surface area contributed by atoms with Gasteiger partial charge in [0, 0.05) is 19.2 Å². The lowest BCUT2D eigenvalue weighted by Gasteiger charge is -2.25. The Balaban J connectivity index is 1.85. The monoisotopic (exact) mass is 324 g/mol. The fourth-order valence-corrected chi connectivity index (χ4v) is 3.15. The summed E-state index contributed by atoms with van der Waals surface area (Å²) in [6.07, 6.45) is 1.54. The van der Waals surface area contributed by atoms with Gasteiger partial charge in [-0.3, -0.25) is 9.80 Å². The number of carbonyl (C=O) groups excluding carboxylic acids is 1. The Morgan fingerprint density at radius 3 is 2.71 bits per heavy atom. The smallest absolute Gasteiger partial charge is 0.415 e. The van der Waals surface area contributed by atoms with Gasteiger partial charge in [0.1, 0.15) is 0 Å². The third-order valence-electron chi connectivity index (χ3n) is 4.56. The highest BCUT2D eigenvalue weighted by atomic mass is 16.6. The van der Waals surface area contributed by atoms with Crippen LogP contribution >= 0.6 is 0 Å². The maximum atomic E-state index is 12.6. The van der Waals surface area contributed by atoms with Crippen molar-refractivity contribution in [3.63, 3.8) is 0 Å². The van der Waals surface area contributed by atoms with Crippen LogP contribution in [0.5, 0.6) is 0 Å². The van der Waals surface area contributed by atoms with E-state index in [1.807, 2.05) is 37.4 Å². The molecule has 0 aromatic heterocycles. The van der Waals surface area contributed by atoms with Crippen molar-refractivity contribution in [2.24, 2.45) is 0 Å². The number of likely N-dealkylation sites (tertiary alicyclic amines) is 1. The van der Waals surface area contributed by atoms with Gasteiger partial charge in [0.15, 0.2) is 6.23 Å². The number of rotatable bonds is 3. The van der Waals surface area contributed by atoms with E-state index >= 15 is 0 Å². The minimum Gasteiger partial charge on any atom is -0.430 e. The van der Waals surface area contributed by atoms with E-state index < -0.39 is 0 Å². The Labute approximate surface area is 143 Å². The fourth-order valence-electron chi connectivity index (χ4n) is 3.15. The zero-order valence-electron chi connectivity index (χ0n) is 14.5. The summed E-state index contributed by atoms with van der Waals surface area (Å²) in [6.45, 7) is 3.04. The second kappa shape index (κ2) is 7.05. The van der Waals surface area contributed by atoms with E-state index in [1.54, 1.807) is 11.9 Å². The Morgan fingerprint density at radius 2 is 2.00 bits per heavy atom. The van der Waals surface area contributed by atoms with Crippen LogP contribution in [-0.4, -0.2) is 37.9 Å². The maximum Gasteiger partial charge on any atom is 0.415 e. The van der Waals surface area contributed by atoms with Crippen LogP contribution in [0.2, 0.25) is 0 Å². The predicted octanol–water partition coefficient (Wildman–Crippen LogP) is 4.29. The molecule has 0 saturated carbocycles. The van der Waals surface area contributed by atoms with Crippen molar-refractivity contribution < 1.29 is 9.53 Å². The van der Waals surface area contributed by atoms with Gasteiger partial charge >= 0.3 is 6.09 Å². The van der Waals surface area contributed by atoms with Crippen molar-refractivity contribution in [2.45, 2.75) is 26.0 Å². The summed E-state index contributed by atoms with van der Waals surface area (Å²) in [5.74, 6) is 0. The molecule has 1 saturated heterocycles. The number of carbonyl (C=O) groups is 1. The number of anilines is 1. The van der Waals surface area contributed by atoms with Gasteiger partial charge in [-0.05, 0) is 38.4 Å². The van der Waals surface area contributed by atoms with Gasteiger partial charge in [0.25, 0.3) is 0 Å². The molecule has 1 amide bonds. The molecule has 1 heterocycles. The second-order valence-corrected chi connectivity index (χ2v) is 6.41. The van der Waals surface area contributed by atoms with Crippen molar-refractivity contribution >= 4 is 11.8 Å². The molecular weight excluding hydrogens is 300 g/mol. The SMILES string of the molecule is Cc1cccc(-c2ccccc2N(C)C(=O)O[C@@H]2CCCN2C)c1. The van der Waals surface area contributed by atoms with Gasteiger partial charge < -0.3 is 4.74 Å². The molecule has 1 fully saturated rings. The normalized spacial score (nSPS) is 17.7. The van der Waals surface area contributed by atoms with E-state index in [0.717, 1.165) is 36.2 Å². The summed E-state index contributed by atoms with van der Waals surface area (Å²) in [5.41, 5.74) is 4.18. The molecule has 0 bridgehead atoms. The lowest BCUT2D eigenvalue weighted by Crippen LogP contribution is -2.36. The van der Waals surface area contributed by atoms with Gasteiger partial charge in [-0.1, -0.05) is 48.0 Å². The van der Waals surface area contributed by atoms with Gasteiger partial charge in [0.2, 0.25) is 0 Å². The Kier molecular flexibility index (Phi) is 4.86. The molecule has 0 aliphatic carbocycles. The first-order chi connectivity index (χ1) is 11.6. The molecule has 0 radical (unpaired) electrons. The van der Waals surface area contributed by atoms with E-state index in [1.165, 1.54) is 5.56 Å². The van der Waals surface area contributed by atoms with Gasteiger partial charge in [-0.2, -0.15) is 0 Å². The summed E-state index contributed by atoms with van der Waals surface area (Å²) in [6, 6.07) is 16.2. The highest BCUT2D eigenvalue weighted by molar-refractivity contribution is 5.93. The summed E-state index contributed by atoms with van der Waals surface area (Å²) >= 11 is 0. The third-order valence-corrected chi connectivity index (χ3v) is 4.56. The lowest BCUT2D eigenvalue weighted by molar-refractivity contribution is 0.0315. The fraction of sp³-hybridized carbons (Fsp3) is 0.350. The molecule has 0 spiro atoms. The molecular formula is C20H24N2O2. The molecule has 4 nitrogen and oxygen atoms in total. The van der Waals surface area contributed by atoms with Crippen molar-refractivity contribution in [2.75, 3.05) is 25.5 Å². The molecule has 4 heteroatoms. The molecule has 2 aromatic rings. The number of benzene rings is 2. The minimum absolute atomic E-state index is 0.119. The van der Waals surface area contributed by atoms with Crippen molar-refractivity contribution in [3.05, 3.63) is 54.1 Å². The van der Waals surface area contributed by atoms with E-state index in [4.69, 9.17) is 4.74 Å². The molecule has 1 aliphatic heterocycles. The molecule has 24 heavy (non-hydrogen) atoms. The first-order valence-electron chi connectivity index (χ1n) is 8.37. The van der Waals surface area contributed by atoms with E-state index in [-0.39, 0.29) is 12.3 Å². The molecule has 0 unspecified atom stereocenters. The van der Waals surface area contributed by atoms with Crippen LogP contribution in [0, 0.1) is 6.92 Å². The van der Waals surface area contributed by atoms with Crippen LogP contribution in [0.3, 0.4) is 0 Å². The minimum atomic E-state index is -0.311.